The number of carbonyl (C=O) groups is 2. The van der Waals surface area contributed by atoms with Gasteiger partial charge in [-0.2, -0.15) is 0 Å². The van der Waals surface area contributed by atoms with Crippen LogP contribution in [0.5, 0.6) is 0 Å². The molecule has 1 fully saturated rings. The van der Waals surface area contributed by atoms with Gasteiger partial charge >= 0.3 is 0 Å². The molecule has 0 saturated carbocycles. The number of ether oxygens (including phenoxy) is 1. The maximum Gasteiger partial charge on any atom is 0.223 e. The SMILES string of the molecule is NC(=O)CCC(=O)N1CCO[C@H](c2ccc(Cl)cc2)C1. The van der Waals surface area contributed by atoms with Crippen LogP contribution in [-0.4, -0.2) is 36.4 Å². The van der Waals surface area contributed by atoms with E-state index in [1.807, 2.05) is 12.1 Å². The number of morpholine rings is 1. The molecule has 1 aliphatic heterocycles. The lowest BCUT2D eigenvalue weighted by Gasteiger charge is -2.33. The maximum absolute atomic E-state index is 12.0. The minimum absolute atomic E-state index is 0.0638. The first-order valence-corrected chi connectivity index (χ1v) is 6.87. The molecule has 20 heavy (non-hydrogen) atoms. The lowest BCUT2D eigenvalue weighted by molar-refractivity contribution is -0.140. The van der Waals surface area contributed by atoms with Crippen molar-refractivity contribution in [1.29, 1.82) is 0 Å². The van der Waals surface area contributed by atoms with E-state index in [4.69, 9.17) is 22.1 Å². The normalized spacial score (nSPS) is 18.9. The Morgan fingerprint density at radius 2 is 2.00 bits per heavy atom. The third kappa shape index (κ3) is 3.95. The number of benzene rings is 1. The molecule has 0 radical (unpaired) electrons. The van der Waals surface area contributed by atoms with Crippen LogP contribution in [0.2, 0.25) is 5.02 Å². The predicted octanol–water partition coefficient (Wildman–Crippen LogP) is 1.51. The molecular weight excluding hydrogens is 280 g/mol. The van der Waals surface area contributed by atoms with E-state index in [-0.39, 0.29) is 24.9 Å². The van der Waals surface area contributed by atoms with Crippen molar-refractivity contribution in [2.75, 3.05) is 19.7 Å². The first-order valence-electron chi connectivity index (χ1n) is 6.49. The summed E-state index contributed by atoms with van der Waals surface area (Å²) in [6, 6.07) is 7.39. The summed E-state index contributed by atoms with van der Waals surface area (Å²) in [7, 11) is 0. The molecule has 1 aliphatic rings. The van der Waals surface area contributed by atoms with Gasteiger partial charge in [0.2, 0.25) is 11.8 Å². The van der Waals surface area contributed by atoms with Crippen LogP contribution in [0.4, 0.5) is 0 Å². The third-order valence-corrected chi connectivity index (χ3v) is 3.50. The Labute approximate surface area is 122 Å². The molecule has 1 aromatic carbocycles. The summed E-state index contributed by atoms with van der Waals surface area (Å²) in [4.78, 5) is 24.4. The standard InChI is InChI=1S/C14H17ClN2O3/c15-11-3-1-10(2-4-11)12-9-17(7-8-20-12)14(19)6-5-13(16)18/h1-4,12H,5-9H2,(H2,16,18)/t12-/m0/s1. The first-order chi connectivity index (χ1) is 9.56. The molecule has 0 aromatic heterocycles. The fraction of sp³-hybridized carbons (Fsp3) is 0.429. The summed E-state index contributed by atoms with van der Waals surface area (Å²) in [6.07, 6.45) is 0.0864. The van der Waals surface area contributed by atoms with Gasteiger partial charge in [0.15, 0.2) is 0 Å². The molecule has 5 nitrogen and oxygen atoms in total. The zero-order chi connectivity index (χ0) is 14.5. The second kappa shape index (κ2) is 6.72. The Morgan fingerprint density at radius 1 is 1.30 bits per heavy atom. The molecule has 108 valence electrons. The fourth-order valence-corrected chi connectivity index (χ4v) is 2.27. The van der Waals surface area contributed by atoms with E-state index in [1.165, 1.54) is 0 Å². The van der Waals surface area contributed by atoms with Crippen LogP contribution in [0.1, 0.15) is 24.5 Å². The van der Waals surface area contributed by atoms with Gasteiger partial charge in [-0.25, -0.2) is 0 Å². The van der Waals surface area contributed by atoms with Crippen molar-refractivity contribution in [2.45, 2.75) is 18.9 Å². The van der Waals surface area contributed by atoms with Crippen molar-refractivity contribution in [3.8, 4) is 0 Å². The van der Waals surface area contributed by atoms with Crippen molar-refractivity contribution < 1.29 is 14.3 Å². The number of halogens is 1. The van der Waals surface area contributed by atoms with E-state index < -0.39 is 5.91 Å². The fourth-order valence-electron chi connectivity index (χ4n) is 2.14. The Bertz CT molecular complexity index is 490. The zero-order valence-electron chi connectivity index (χ0n) is 11.0. The smallest absolute Gasteiger partial charge is 0.223 e. The average molecular weight is 297 g/mol. The van der Waals surface area contributed by atoms with Crippen molar-refractivity contribution in [3.63, 3.8) is 0 Å². The predicted molar refractivity (Wildman–Crippen MR) is 75.2 cm³/mol. The van der Waals surface area contributed by atoms with Gasteiger partial charge < -0.3 is 15.4 Å². The Hall–Kier alpha value is -1.59. The van der Waals surface area contributed by atoms with Crippen molar-refractivity contribution in [2.24, 2.45) is 5.73 Å². The molecule has 6 heteroatoms. The topological polar surface area (TPSA) is 72.6 Å². The molecule has 1 heterocycles. The van der Waals surface area contributed by atoms with Crippen LogP contribution in [0, 0.1) is 0 Å². The summed E-state index contributed by atoms with van der Waals surface area (Å²) in [6.45, 7) is 1.51. The van der Waals surface area contributed by atoms with E-state index in [0.29, 0.717) is 24.7 Å². The molecule has 0 aliphatic carbocycles. The molecule has 0 spiro atoms. The number of carbonyl (C=O) groups excluding carboxylic acids is 2. The van der Waals surface area contributed by atoms with E-state index in [2.05, 4.69) is 0 Å². The number of hydrogen-bond acceptors (Lipinski definition) is 3. The van der Waals surface area contributed by atoms with Gasteiger partial charge in [0.1, 0.15) is 6.10 Å². The van der Waals surface area contributed by atoms with Crippen molar-refractivity contribution in [3.05, 3.63) is 34.9 Å². The van der Waals surface area contributed by atoms with Crippen LogP contribution < -0.4 is 5.73 Å². The molecular formula is C14H17ClN2O3. The molecule has 1 saturated heterocycles. The van der Waals surface area contributed by atoms with Gasteiger partial charge in [0.25, 0.3) is 0 Å². The summed E-state index contributed by atoms with van der Waals surface area (Å²) < 4.78 is 5.68. The maximum atomic E-state index is 12.0. The van der Waals surface area contributed by atoms with E-state index in [0.717, 1.165) is 5.56 Å². The average Bonchev–Trinajstić information content (AvgIpc) is 2.45. The Morgan fingerprint density at radius 3 is 2.65 bits per heavy atom. The quantitative estimate of drug-likeness (QED) is 0.915. The summed E-state index contributed by atoms with van der Waals surface area (Å²) >= 11 is 5.85. The molecule has 2 N–H and O–H groups in total. The van der Waals surface area contributed by atoms with Crippen LogP contribution in [0.15, 0.2) is 24.3 Å². The van der Waals surface area contributed by atoms with Crippen LogP contribution >= 0.6 is 11.6 Å². The summed E-state index contributed by atoms with van der Waals surface area (Å²) in [5.74, 6) is -0.521. The van der Waals surface area contributed by atoms with E-state index in [9.17, 15) is 9.59 Å². The number of primary amides is 1. The first kappa shape index (κ1) is 14.8. The molecule has 1 atom stereocenters. The second-order valence-corrected chi connectivity index (χ2v) is 5.15. The van der Waals surface area contributed by atoms with Gasteiger partial charge in [-0.05, 0) is 17.7 Å². The Balaban J connectivity index is 1.96. The number of nitrogens with zero attached hydrogens (tertiary/aromatic N) is 1. The van der Waals surface area contributed by atoms with E-state index in [1.54, 1.807) is 17.0 Å². The third-order valence-electron chi connectivity index (χ3n) is 3.25. The van der Waals surface area contributed by atoms with Gasteiger partial charge in [-0.3, -0.25) is 9.59 Å². The van der Waals surface area contributed by atoms with Crippen molar-refractivity contribution in [1.82, 2.24) is 4.90 Å². The largest absolute Gasteiger partial charge is 0.370 e. The number of nitrogens with two attached hydrogens (primary N) is 1. The van der Waals surface area contributed by atoms with Crippen LogP contribution in [0.25, 0.3) is 0 Å². The van der Waals surface area contributed by atoms with Gasteiger partial charge in [0, 0.05) is 24.4 Å². The summed E-state index contributed by atoms with van der Waals surface area (Å²) in [5.41, 5.74) is 6.04. The molecule has 2 rings (SSSR count). The number of amides is 2. The minimum atomic E-state index is -0.458. The van der Waals surface area contributed by atoms with Crippen LogP contribution in [0.3, 0.4) is 0 Å². The van der Waals surface area contributed by atoms with Crippen molar-refractivity contribution >= 4 is 23.4 Å². The molecule has 0 bridgehead atoms. The molecule has 2 amide bonds. The zero-order valence-corrected chi connectivity index (χ0v) is 11.8. The minimum Gasteiger partial charge on any atom is -0.370 e. The van der Waals surface area contributed by atoms with E-state index >= 15 is 0 Å². The lowest BCUT2D eigenvalue weighted by Crippen LogP contribution is -2.42. The number of rotatable bonds is 4. The second-order valence-electron chi connectivity index (χ2n) is 4.72. The number of hydrogen-bond donors (Lipinski definition) is 1. The summed E-state index contributed by atoms with van der Waals surface area (Å²) in [5, 5.41) is 0.666. The highest BCUT2D eigenvalue weighted by atomic mass is 35.5. The lowest BCUT2D eigenvalue weighted by atomic mass is 10.1. The molecule has 1 aromatic rings. The monoisotopic (exact) mass is 296 g/mol. The highest BCUT2D eigenvalue weighted by molar-refractivity contribution is 6.30. The van der Waals surface area contributed by atoms with Crippen LogP contribution in [-0.2, 0) is 14.3 Å². The van der Waals surface area contributed by atoms with Gasteiger partial charge in [0.05, 0.1) is 13.2 Å². The molecule has 0 unspecified atom stereocenters. The Kier molecular flexibility index (Phi) is 4.98. The van der Waals surface area contributed by atoms with Gasteiger partial charge in [-0.15, -0.1) is 0 Å². The van der Waals surface area contributed by atoms with Gasteiger partial charge in [-0.1, -0.05) is 23.7 Å². The highest BCUT2D eigenvalue weighted by Gasteiger charge is 2.25. The highest BCUT2D eigenvalue weighted by Crippen LogP contribution is 2.24.